The highest BCUT2D eigenvalue weighted by Crippen LogP contribution is 2.57. The van der Waals surface area contributed by atoms with Crippen LogP contribution in [0.1, 0.15) is 58.2 Å². The number of allylic oxidation sites excluding steroid dienone is 1. The first-order valence-corrected chi connectivity index (χ1v) is 11.0. The second-order valence-corrected chi connectivity index (χ2v) is 10.7. The van der Waals surface area contributed by atoms with E-state index in [1.165, 1.54) is 13.0 Å². The molecule has 0 aromatic heterocycles. The molecule has 1 aromatic rings. The summed E-state index contributed by atoms with van der Waals surface area (Å²) >= 11 is 0. The molecule has 1 N–H and O–H groups in total. The Morgan fingerprint density at radius 3 is 2.48 bits per heavy atom. The molecule has 3 rings (SSSR count). The Kier molecular flexibility index (Phi) is 4.85. The van der Waals surface area contributed by atoms with Crippen molar-refractivity contribution in [1.29, 1.82) is 0 Å². The van der Waals surface area contributed by atoms with Crippen molar-refractivity contribution in [2.24, 2.45) is 11.3 Å². The molecule has 0 saturated carbocycles. The van der Waals surface area contributed by atoms with Crippen LogP contribution < -0.4 is 0 Å². The third-order valence-electron chi connectivity index (χ3n) is 5.88. The summed E-state index contributed by atoms with van der Waals surface area (Å²) in [5.41, 5.74) is -0.236. The zero-order valence-electron chi connectivity index (χ0n) is 17.4. The zero-order chi connectivity index (χ0) is 21.9. The molecule has 0 spiro atoms. The monoisotopic (exact) mass is 421 g/mol. The van der Waals surface area contributed by atoms with Gasteiger partial charge in [0.1, 0.15) is 0 Å². The molecule has 1 fully saturated rings. The average molecular weight is 422 g/mol. The van der Waals surface area contributed by atoms with Gasteiger partial charge in [-0.25, -0.2) is 8.42 Å². The van der Waals surface area contributed by atoms with Crippen molar-refractivity contribution < 1.29 is 27.9 Å². The number of benzene rings is 1. The molecule has 1 saturated heterocycles. The van der Waals surface area contributed by atoms with Crippen LogP contribution in [-0.2, 0) is 29.8 Å². The van der Waals surface area contributed by atoms with E-state index >= 15 is 0 Å². The van der Waals surface area contributed by atoms with E-state index in [1.54, 1.807) is 19.1 Å². The van der Waals surface area contributed by atoms with Crippen molar-refractivity contribution in [1.82, 2.24) is 4.31 Å². The summed E-state index contributed by atoms with van der Waals surface area (Å²) in [5, 5.41) is 10.1. The summed E-state index contributed by atoms with van der Waals surface area (Å²) in [6, 6.07) is 3.97. The number of hydrogen-bond donors (Lipinski definition) is 1. The Hall–Kier alpha value is -2.35. The van der Waals surface area contributed by atoms with Crippen LogP contribution in [0.4, 0.5) is 0 Å². The highest BCUT2D eigenvalue weighted by atomic mass is 32.2. The van der Waals surface area contributed by atoms with Gasteiger partial charge in [-0.1, -0.05) is 39.5 Å². The van der Waals surface area contributed by atoms with Gasteiger partial charge in [0.25, 0.3) is 10.0 Å². The maximum absolute atomic E-state index is 13.2. The minimum absolute atomic E-state index is 0.0657. The first-order chi connectivity index (χ1) is 13.3. The number of fused-ring (bicyclic) bond motifs is 3. The number of rotatable bonds is 3. The van der Waals surface area contributed by atoms with E-state index in [0.29, 0.717) is 5.56 Å². The number of nitrogens with zero attached hydrogens (tertiary/aromatic N) is 1. The molecule has 0 aliphatic carbocycles. The minimum atomic E-state index is -3.95. The Labute approximate surface area is 171 Å². The number of ether oxygens (including phenoxy) is 1. The van der Waals surface area contributed by atoms with E-state index in [9.17, 15) is 23.1 Å². The van der Waals surface area contributed by atoms with Gasteiger partial charge in [0, 0.05) is 12.1 Å². The lowest BCUT2D eigenvalue weighted by atomic mass is 9.66. The van der Waals surface area contributed by atoms with Gasteiger partial charge in [-0.3, -0.25) is 13.9 Å². The van der Waals surface area contributed by atoms with E-state index in [0.717, 1.165) is 9.87 Å². The van der Waals surface area contributed by atoms with E-state index in [2.05, 4.69) is 6.58 Å². The molecule has 0 radical (unpaired) electrons. The Bertz CT molecular complexity index is 1010. The van der Waals surface area contributed by atoms with Gasteiger partial charge < -0.3 is 9.84 Å². The van der Waals surface area contributed by atoms with Gasteiger partial charge in [-0.15, -0.1) is 0 Å². The lowest BCUT2D eigenvalue weighted by molar-refractivity contribution is -0.170. The average Bonchev–Trinajstić information content (AvgIpc) is 2.81. The van der Waals surface area contributed by atoms with Crippen molar-refractivity contribution in [3.63, 3.8) is 0 Å². The van der Waals surface area contributed by atoms with Crippen LogP contribution in [-0.4, -0.2) is 36.4 Å². The molecule has 3 unspecified atom stereocenters. The van der Waals surface area contributed by atoms with Crippen LogP contribution in [0.3, 0.4) is 0 Å². The second kappa shape index (κ2) is 6.58. The third kappa shape index (κ3) is 3.04. The molecular weight excluding hydrogens is 394 g/mol. The third-order valence-corrected chi connectivity index (χ3v) is 7.81. The van der Waals surface area contributed by atoms with Gasteiger partial charge in [0.15, 0.2) is 0 Å². The van der Waals surface area contributed by atoms with Gasteiger partial charge >= 0.3 is 11.9 Å². The maximum atomic E-state index is 13.2. The lowest BCUT2D eigenvalue weighted by Gasteiger charge is -2.46. The van der Waals surface area contributed by atoms with Crippen LogP contribution in [0.25, 0.3) is 0 Å². The van der Waals surface area contributed by atoms with Crippen molar-refractivity contribution in [3.8, 4) is 0 Å². The number of carboxylic acids is 1. The molecule has 3 atom stereocenters. The number of piperidine rings is 1. The molecule has 7 nitrogen and oxygen atoms in total. The van der Waals surface area contributed by atoms with Gasteiger partial charge in [0.05, 0.1) is 28.9 Å². The first kappa shape index (κ1) is 21.4. The highest BCUT2D eigenvalue weighted by molar-refractivity contribution is 7.89. The summed E-state index contributed by atoms with van der Waals surface area (Å²) in [7, 11) is -3.95. The quantitative estimate of drug-likeness (QED) is 0.752. The fourth-order valence-corrected chi connectivity index (χ4v) is 6.28. The number of aliphatic carboxylic acids is 1. The molecular formula is C21H27NO6S. The summed E-state index contributed by atoms with van der Waals surface area (Å²) < 4.78 is 32.7. The summed E-state index contributed by atoms with van der Waals surface area (Å²) in [6.07, 6.45) is -0.112. The summed E-state index contributed by atoms with van der Waals surface area (Å²) in [4.78, 5) is 25.2. The fourth-order valence-electron chi connectivity index (χ4n) is 4.41. The molecule has 0 bridgehead atoms. The first-order valence-electron chi connectivity index (χ1n) is 9.53. The van der Waals surface area contributed by atoms with Gasteiger partial charge in [-0.05, 0) is 36.5 Å². The molecule has 158 valence electrons. The Morgan fingerprint density at radius 2 is 1.97 bits per heavy atom. The van der Waals surface area contributed by atoms with E-state index in [1.807, 2.05) is 20.8 Å². The zero-order valence-corrected chi connectivity index (χ0v) is 18.2. The fraction of sp³-hybridized carbons (Fsp3) is 0.524. The summed E-state index contributed by atoms with van der Waals surface area (Å²) in [5.74, 6) is -3.21. The number of carbonyl (C=O) groups excluding carboxylic acids is 1. The largest absolute Gasteiger partial charge is 0.481 e. The van der Waals surface area contributed by atoms with Crippen molar-refractivity contribution in [2.75, 3.05) is 6.61 Å². The SMILES string of the molecule is C=C1CC(C)(C(=O)OCC)C(C(=O)O)C2c3cc(C(C)(C)C)ccc3S(=O)(=O)N12. The number of hydrogen-bond acceptors (Lipinski definition) is 5. The van der Waals surface area contributed by atoms with Crippen LogP contribution in [0.5, 0.6) is 0 Å². The summed E-state index contributed by atoms with van der Waals surface area (Å²) in [6.45, 7) is 13.1. The molecule has 8 heteroatoms. The standard InChI is InChI=1S/C21H27NO6S/c1-7-28-19(25)21(6)11-12(2)22-17(16(21)18(23)24)14-10-13(20(3,4)5)8-9-15(14)29(22,26)27/h8-10,16-17H,2,7,11H2,1,3-6H3,(H,23,24). The lowest BCUT2D eigenvalue weighted by Crippen LogP contribution is -2.52. The molecule has 1 aromatic carbocycles. The Morgan fingerprint density at radius 1 is 1.34 bits per heavy atom. The van der Waals surface area contributed by atoms with Gasteiger partial charge in [-0.2, -0.15) is 0 Å². The second-order valence-electron chi connectivity index (χ2n) is 8.95. The predicted octanol–water partition coefficient (Wildman–Crippen LogP) is 3.22. The number of carbonyl (C=O) groups is 2. The highest BCUT2D eigenvalue weighted by Gasteiger charge is 2.62. The molecule has 2 aliphatic rings. The molecule has 2 heterocycles. The maximum Gasteiger partial charge on any atom is 0.313 e. The van der Waals surface area contributed by atoms with E-state index < -0.39 is 39.3 Å². The topological polar surface area (TPSA) is 101 Å². The van der Waals surface area contributed by atoms with Crippen LogP contribution in [0.15, 0.2) is 35.4 Å². The van der Waals surface area contributed by atoms with E-state index in [4.69, 9.17) is 4.74 Å². The van der Waals surface area contributed by atoms with Crippen LogP contribution in [0, 0.1) is 11.3 Å². The van der Waals surface area contributed by atoms with Crippen molar-refractivity contribution in [2.45, 2.75) is 57.4 Å². The normalized spacial score (nSPS) is 27.9. The number of esters is 1. The molecule has 0 amide bonds. The van der Waals surface area contributed by atoms with Crippen molar-refractivity contribution >= 4 is 22.0 Å². The predicted molar refractivity (Wildman–Crippen MR) is 107 cm³/mol. The van der Waals surface area contributed by atoms with Crippen LogP contribution >= 0.6 is 0 Å². The number of sulfonamides is 1. The minimum Gasteiger partial charge on any atom is -0.481 e. The molecule has 2 aliphatic heterocycles. The molecule has 29 heavy (non-hydrogen) atoms. The van der Waals surface area contributed by atoms with Crippen molar-refractivity contribution in [3.05, 3.63) is 41.6 Å². The smallest absolute Gasteiger partial charge is 0.313 e. The Balaban J connectivity index is 2.29. The van der Waals surface area contributed by atoms with Gasteiger partial charge in [0.2, 0.25) is 0 Å². The number of carboxylic acid groups (broad SMARTS) is 1. The van der Waals surface area contributed by atoms with E-state index in [-0.39, 0.29) is 29.0 Å². The van der Waals surface area contributed by atoms with Crippen LogP contribution in [0.2, 0.25) is 0 Å².